The molecule has 0 unspecified atom stereocenters. The average molecular weight is 1120 g/mol. The van der Waals surface area contributed by atoms with Crippen LogP contribution in [-0.4, -0.2) is 22.6 Å². The summed E-state index contributed by atoms with van der Waals surface area (Å²) < 4.78 is 17.5. The molecule has 0 saturated heterocycles. The first-order valence-corrected chi connectivity index (χ1v) is 28.4. The van der Waals surface area contributed by atoms with E-state index in [-0.39, 0.29) is 20.1 Å². The molecule has 0 N–H and O–H groups in total. The van der Waals surface area contributed by atoms with Crippen LogP contribution in [0.1, 0.15) is 103 Å². The summed E-state index contributed by atoms with van der Waals surface area (Å²) in [6.45, 7) is 24.4. The number of hydrogen-bond donors (Lipinski definition) is 0. The third-order valence-corrected chi connectivity index (χ3v) is 15.9. The maximum atomic E-state index is 8.73. The fourth-order valence-electron chi connectivity index (χ4n) is 10.0. The first-order chi connectivity index (χ1) is 34.0. The molecule has 4 nitrogen and oxygen atoms in total. The van der Waals surface area contributed by atoms with Gasteiger partial charge >= 0.3 is 0 Å². The summed E-state index contributed by atoms with van der Waals surface area (Å²) in [5, 5.41) is 8.35. The topological polar surface area (TPSA) is 43.9 Å². The van der Waals surface area contributed by atoms with E-state index in [9.17, 15) is 0 Å². The van der Waals surface area contributed by atoms with Gasteiger partial charge in [-0.2, -0.15) is 0 Å². The summed E-state index contributed by atoms with van der Waals surface area (Å²) in [6, 6.07) is 60.9. The fraction of sp³-hybridized carbons (Fsp3) is 0.231. The second-order valence-corrected chi connectivity index (χ2v) is 26.1. The largest absolute Gasteiger partial charge is 0.501 e. The van der Waals surface area contributed by atoms with E-state index in [1.165, 1.54) is 60.2 Å². The minimum atomic E-state index is -1.62. The van der Waals surface area contributed by atoms with E-state index < -0.39 is 14.0 Å². The summed E-state index contributed by atoms with van der Waals surface area (Å²) in [5.41, 5.74) is 15.2. The van der Waals surface area contributed by atoms with Gasteiger partial charge < -0.3 is 14.0 Å². The molecular formula is C65H63IrN3OSi-2. The number of pyridine rings is 1. The Kier molecular flexibility index (Phi) is 13.6. The van der Waals surface area contributed by atoms with Crippen LogP contribution in [0.25, 0.3) is 94.0 Å². The van der Waals surface area contributed by atoms with Crippen molar-refractivity contribution >= 4 is 67.8 Å². The van der Waals surface area contributed by atoms with E-state index in [0.29, 0.717) is 17.8 Å². The van der Waals surface area contributed by atoms with Gasteiger partial charge in [0.1, 0.15) is 5.58 Å². The minimum absolute atomic E-state index is 0. The second kappa shape index (κ2) is 20.0. The van der Waals surface area contributed by atoms with Gasteiger partial charge in [0.2, 0.25) is 0 Å². The van der Waals surface area contributed by atoms with Gasteiger partial charge in [-0.05, 0) is 98.1 Å². The Morgan fingerprint density at radius 2 is 1.30 bits per heavy atom. The number of aromatic nitrogens is 3. The predicted molar refractivity (Wildman–Crippen MR) is 301 cm³/mol. The van der Waals surface area contributed by atoms with Crippen LogP contribution in [-0.2, 0) is 20.1 Å². The van der Waals surface area contributed by atoms with Gasteiger partial charge in [-0.3, -0.25) is 4.98 Å². The molecule has 11 rings (SSSR count). The van der Waals surface area contributed by atoms with Crippen molar-refractivity contribution in [2.75, 3.05) is 0 Å². The SMILES string of the molecule is CC(C)c1cc(-c2ccccc2)cc(C(C)C)c1-n1c(-c2[c-]cc3c(ccc4ccccc43)c2)nc2ccccc21.[2H]C(C)(C)c1cc(-c2[c-]ccc3c2oc2cc(C(C)C)ccc23)ncc1[Si](C)(C)C.[Ir]. The van der Waals surface area contributed by atoms with Gasteiger partial charge in [0, 0.05) is 38.7 Å². The molecule has 0 aliphatic heterocycles. The fourth-order valence-corrected chi connectivity index (χ4v) is 11.6. The molecule has 8 aromatic carbocycles. The summed E-state index contributed by atoms with van der Waals surface area (Å²) in [5.74, 6) is 1.34. The van der Waals surface area contributed by atoms with Crippen LogP contribution >= 0.6 is 0 Å². The van der Waals surface area contributed by atoms with E-state index in [1.54, 1.807) is 0 Å². The molecule has 0 aliphatic rings. The third kappa shape index (κ3) is 9.46. The number of hydrogen-bond acceptors (Lipinski definition) is 3. The van der Waals surface area contributed by atoms with Crippen molar-refractivity contribution in [2.45, 2.75) is 98.7 Å². The number of benzene rings is 8. The molecule has 0 atom stereocenters. The quantitative estimate of drug-likeness (QED) is 0.0822. The second-order valence-electron chi connectivity index (χ2n) is 21.0. The molecule has 0 fully saturated rings. The van der Waals surface area contributed by atoms with Crippen molar-refractivity contribution in [3.8, 4) is 39.5 Å². The van der Waals surface area contributed by atoms with Crippen LogP contribution in [0, 0.1) is 12.1 Å². The number of imidazole rings is 1. The van der Waals surface area contributed by atoms with Gasteiger partial charge in [0.25, 0.3) is 0 Å². The molecule has 6 heteroatoms. The summed E-state index contributed by atoms with van der Waals surface area (Å²) in [4.78, 5) is 10.1. The number of rotatable bonds is 9. The van der Waals surface area contributed by atoms with Crippen LogP contribution in [0.2, 0.25) is 19.6 Å². The molecule has 3 aromatic heterocycles. The zero-order chi connectivity index (χ0) is 49.9. The molecule has 359 valence electrons. The predicted octanol–water partition coefficient (Wildman–Crippen LogP) is 18.0. The van der Waals surface area contributed by atoms with Gasteiger partial charge in [-0.1, -0.05) is 199 Å². The smallest absolute Gasteiger partial charge is 0.121 e. The molecule has 0 spiro atoms. The van der Waals surface area contributed by atoms with E-state index >= 15 is 0 Å². The van der Waals surface area contributed by atoms with Crippen LogP contribution in [0.3, 0.4) is 0 Å². The summed E-state index contributed by atoms with van der Waals surface area (Å²) in [6.07, 6.45) is 1.99. The maximum absolute atomic E-state index is 8.73. The van der Waals surface area contributed by atoms with Gasteiger partial charge in [-0.15, -0.1) is 47.3 Å². The Hall–Kier alpha value is -6.43. The molecule has 1 radical (unpaired) electrons. The summed E-state index contributed by atoms with van der Waals surface area (Å²) in [7, 11) is -1.62. The summed E-state index contributed by atoms with van der Waals surface area (Å²) >= 11 is 0. The molecule has 71 heavy (non-hydrogen) atoms. The van der Waals surface area contributed by atoms with Gasteiger partial charge in [0.05, 0.1) is 30.5 Å². The van der Waals surface area contributed by atoms with Crippen LogP contribution in [0.4, 0.5) is 0 Å². The van der Waals surface area contributed by atoms with Crippen molar-refractivity contribution in [1.82, 2.24) is 14.5 Å². The molecule has 0 bridgehead atoms. The van der Waals surface area contributed by atoms with Crippen LogP contribution < -0.4 is 5.19 Å². The standard InChI is InChI=1S/C39H33N2.C26H30NOSi.Ir/c1-25(2)34-23-31(27-12-6-5-7-13-27)24-35(26(3)4)38(34)41-37-17-11-10-16-36(37)40-39(41)30-20-21-33-29(22-30)19-18-28-14-8-9-15-32(28)33;1-16(2)18-11-12-19-20-9-8-10-21(26(20)28-24(19)13-18)23-14-22(17(3)4)25(15-27-23)29(5,6)7;/h5-19,21-26H,1-4H3;8-9,11-17H,1-7H3;/q2*-1;/i;17D;. The Morgan fingerprint density at radius 3 is 2.00 bits per heavy atom. The first kappa shape index (κ1) is 48.2. The molecule has 11 aromatic rings. The van der Waals surface area contributed by atoms with E-state index in [0.717, 1.165) is 61.2 Å². The molecule has 0 saturated carbocycles. The zero-order valence-corrected chi connectivity index (χ0v) is 46.2. The van der Waals surface area contributed by atoms with E-state index in [2.05, 4.69) is 223 Å². The zero-order valence-electron chi connectivity index (χ0n) is 43.8. The van der Waals surface area contributed by atoms with Crippen molar-refractivity contribution in [3.05, 3.63) is 192 Å². The van der Waals surface area contributed by atoms with Crippen molar-refractivity contribution < 1.29 is 25.9 Å². The minimum Gasteiger partial charge on any atom is -0.501 e. The van der Waals surface area contributed by atoms with Crippen molar-refractivity contribution in [1.29, 1.82) is 0 Å². The third-order valence-electron chi connectivity index (χ3n) is 13.9. The first-order valence-electron chi connectivity index (χ1n) is 25.4. The number of nitrogens with zero attached hydrogens (tertiary/aromatic N) is 3. The van der Waals surface area contributed by atoms with Crippen LogP contribution in [0.5, 0.6) is 0 Å². The van der Waals surface area contributed by atoms with E-state index in [1.807, 2.05) is 26.1 Å². The molecule has 0 aliphatic carbocycles. The Bertz CT molecular complexity index is 3750. The molecular weight excluding hydrogens is 1060 g/mol. The molecule has 0 amide bonds. The number of furan rings is 1. The van der Waals surface area contributed by atoms with Gasteiger partial charge in [-0.25, -0.2) is 0 Å². The maximum Gasteiger partial charge on any atom is 0.121 e. The van der Waals surface area contributed by atoms with Gasteiger partial charge in [0.15, 0.2) is 0 Å². The number of para-hydroxylation sites is 2. The Labute approximate surface area is 436 Å². The normalized spacial score (nSPS) is 12.3. The van der Waals surface area contributed by atoms with Crippen molar-refractivity contribution in [3.63, 3.8) is 0 Å². The van der Waals surface area contributed by atoms with Crippen LogP contribution in [0.15, 0.2) is 162 Å². The average Bonchev–Trinajstić information content (AvgIpc) is 3.94. The van der Waals surface area contributed by atoms with E-state index in [4.69, 9.17) is 15.8 Å². The van der Waals surface area contributed by atoms with Crippen molar-refractivity contribution in [2.24, 2.45) is 0 Å². The Morgan fingerprint density at radius 1 is 0.606 bits per heavy atom. The molecule has 3 heterocycles. The Balaban J connectivity index is 0.000000184. The monoisotopic (exact) mass is 1120 g/mol. The number of fused-ring (bicyclic) bond motifs is 7.